The minimum absolute atomic E-state index is 0.0655. The highest BCUT2D eigenvalue weighted by molar-refractivity contribution is 5.88. The van der Waals surface area contributed by atoms with Crippen LogP contribution in [0.1, 0.15) is 37.7 Å². The number of methoxy groups -OCH3 is 2. The number of piperazine rings is 1. The number of nitrogens with zero attached hydrogens (tertiary/aromatic N) is 2. The average Bonchev–Trinajstić information content (AvgIpc) is 2.99. The molecule has 1 aromatic carbocycles. The zero-order valence-corrected chi connectivity index (χ0v) is 16.9. The first-order valence-electron chi connectivity index (χ1n) is 10.1. The third kappa shape index (κ3) is 5.16. The molecule has 0 saturated carbocycles. The second kappa shape index (κ2) is 9.78. The van der Waals surface area contributed by atoms with Crippen LogP contribution in [0.5, 0.6) is 11.5 Å². The van der Waals surface area contributed by atoms with Crippen molar-refractivity contribution >= 4 is 11.8 Å². The lowest BCUT2D eigenvalue weighted by Crippen LogP contribution is -2.56. The maximum atomic E-state index is 12.8. The molecule has 0 spiro atoms. The van der Waals surface area contributed by atoms with Gasteiger partial charge in [0.2, 0.25) is 11.8 Å². The second-order valence-corrected chi connectivity index (χ2v) is 7.50. The Hall–Kier alpha value is -2.28. The Labute approximate surface area is 167 Å². The molecule has 2 fully saturated rings. The molecular weight excluding hydrogens is 358 g/mol. The summed E-state index contributed by atoms with van der Waals surface area (Å²) in [6.45, 7) is 3.48. The Bertz CT molecular complexity index is 664. The van der Waals surface area contributed by atoms with Crippen LogP contribution in [0.15, 0.2) is 18.2 Å². The van der Waals surface area contributed by atoms with E-state index < -0.39 is 6.04 Å². The summed E-state index contributed by atoms with van der Waals surface area (Å²) >= 11 is 0. The number of carbonyl (C=O) groups excluding carboxylic acids is 2. The van der Waals surface area contributed by atoms with Crippen LogP contribution < -0.4 is 14.8 Å². The molecular formula is C21H31N3O4. The van der Waals surface area contributed by atoms with Crippen LogP contribution >= 0.6 is 0 Å². The standard InChI is InChI=1S/C21H31N3O4/c1-27-17-11-16(12-18(13-17)28-2)15-24-10-7-22-21(26)19(24)14-20(25)23-8-5-3-4-6-9-23/h11-13,19H,3-10,14-15H2,1-2H3,(H,22,26). The van der Waals surface area contributed by atoms with Crippen molar-refractivity contribution in [3.8, 4) is 11.5 Å². The molecule has 0 radical (unpaired) electrons. The van der Waals surface area contributed by atoms with E-state index in [1.54, 1.807) is 14.2 Å². The van der Waals surface area contributed by atoms with E-state index in [1.165, 1.54) is 12.8 Å². The average molecular weight is 389 g/mol. The summed E-state index contributed by atoms with van der Waals surface area (Å²) < 4.78 is 10.7. The lowest BCUT2D eigenvalue weighted by Gasteiger charge is -2.35. The first kappa shape index (κ1) is 20.5. The van der Waals surface area contributed by atoms with Gasteiger partial charge in [-0.1, -0.05) is 12.8 Å². The smallest absolute Gasteiger partial charge is 0.237 e. The Morgan fingerprint density at radius 3 is 2.29 bits per heavy atom. The van der Waals surface area contributed by atoms with Crippen molar-refractivity contribution in [3.05, 3.63) is 23.8 Å². The molecule has 2 aliphatic rings. The number of ether oxygens (including phenoxy) is 2. The summed E-state index contributed by atoms with van der Waals surface area (Å²) in [7, 11) is 3.24. The van der Waals surface area contributed by atoms with E-state index in [4.69, 9.17) is 9.47 Å². The molecule has 154 valence electrons. The highest BCUT2D eigenvalue weighted by Crippen LogP contribution is 2.25. The van der Waals surface area contributed by atoms with E-state index in [1.807, 2.05) is 23.1 Å². The zero-order valence-electron chi connectivity index (χ0n) is 16.9. The monoisotopic (exact) mass is 389 g/mol. The number of nitrogens with one attached hydrogen (secondary N) is 1. The number of likely N-dealkylation sites (tertiary alicyclic amines) is 1. The van der Waals surface area contributed by atoms with Gasteiger partial charge in [-0.3, -0.25) is 14.5 Å². The van der Waals surface area contributed by atoms with Crippen molar-refractivity contribution in [2.45, 2.75) is 44.7 Å². The van der Waals surface area contributed by atoms with Gasteiger partial charge in [0, 0.05) is 38.8 Å². The van der Waals surface area contributed by atoms with Crippen LogP contribution in [0.3, 0.4) is 0 Å². The highest BCUT2D eigenvalue weighted by atomic mass is 16.5. The number of benzene rings is 1. The fraction of sp³-hybridized carbons (Fsp3) is 0.619. The van der Waals surface area contributed by atoms with Crippen molar-refractivity contribution in [1.82, 2.24) is 15.1 Å². The summed E-state index contributed by atoms with van der Waals surface area (Å²) in [5.74, 6) is 1.45. The van der Waals surface area contributed by atoms with Gasteiger partial charge in [-0.2, -0.15) is 0 Å². The van der Waals surface area contributed by atoms with Crippen LogP contribution in [0.4, 0.5) is 0 Å². The number of hydrogen-bond donors (Lipinski definition) is 1. The van der Waals surface area contributed by atoms with E-state index in [0.717, 1.165) is 31.5 Å². The van der Waals surface area contributed by atoms with Crippen molar-refractivity contribution < 1.29 is 19.1 Å². The summed E-state index contributed by atoms with van der Waals surface area (Å²) in [6, 6.07) is 5.28. The molecule has 1 atom stereocenters. The molecule has 1 unspecified atom stereocenters. The number of hydrogen-bond acceptors (Lipinski definition) is 5. The quantitative estimate of drug-likeness (QED) is 0.803. The van der Waals surface area contributed by atoms with Crippen molar-refractivity contribution in [2.75, 3.05) is 40.4 Å². The molecule has 1 N–H and O–H groups in total. The van der Waals surface area contributed by atoms with E-state index in [-0.39, 0.29) is 18.2 Å². The summed E-state index contributed by atoms with van der Waals surface area (Å²) in [5, 5.41) is 2.91. The van der Waals surface area contributed by atoms with Crippen LogP contribution in [-0.4, -0.2) is 68.1 Å². The topological polar surface area (TPSA) is 71.1 Å². The minimum atomic E-state index is -0.443. The Kier molecular flexibility index (Phi) is 7.14. The molecule has 7 nitrogen and oxygen atoms in total. The molecule has 28 heavy (non-hydrogen) atoms. The molecule has 0 bridgehead atoms. The van der Waals surface area contributed by atoms with Crippen molar-refractivity contribution in [1.29, 1.82) is 0 Å². The van der Waals surface area contributed by atoms with E-state index in [0.29, 0.717) is 31.1 Å². The second-order valence-electron chi connectivity index (χ2n) is 7.50. The van der Waals surface area contributed by atoms with Gasteiger partial charge in [-0.15, -0.1) is 0 Å². The fourth-order valence-corrected chi connectivity index (χ4v) is 3.98. The van der Waals surface area contributed by atoms with Crippen molar-refractivity contribution in [2.24, 2.45) is 0 Å². The van der Waals surface area contributed by atoms with Crippen LogP contribution in [-0.2, 0) is 16.1 Å². The fourth-order valence-electron chi connectivity index (χ4n) is 3.98. The summed E-state index contributed by atoms with van der Waals surface area (Å²) in [6.07, 6.45) is 4.69. The van der Waals surface area contributed by atoms with Crippen LogP contribution in [0, 0.1) is 0 Å². The normalized spacial score (nSPS) is 21.0. The Balaban J connectivity index is 1.71. The SMILES string of the molecule is COc1cc(CN2CCNC(=O)C2CC(=O)N2CCCCCC2)cc(OC)c1. The van der Waals surface area contributed by atoms with E-state index in [2.05, 4.69) is 10.2 Å². The highest BCUT2D eigenvalue weighted by Gasteiger charge is 2.33. The molecule has 2 heterocycles. The molecule has 2 aliphatic heterocycles. The maximum Gasteiger partial charge on any atom is 0.237 e. The number of carbonyl (C=O) groups is 2. The summed E-state index contributed by atoms with van der Waals surface area (Å²) in [5.41, 5.74) is 0.998. The Morgan fingerprint density at radius 1 is 1.04 bits per heavy atom. The minimum Gasteiger partial charge on any atom is -0.497 e. The Morgan fingerprint density at radius 2 is 1.68 bits per heavy atom. The van der Waals surface area contributed by atoms with Gasteiger partial charge in [0.25, 0.3) is 0 Å². The predicted octanol–water partition coefficient (Wildman–Crippen LogP) is 1.80. The van der Waals surface area contributed by atoms with Crippen LogP contribution in [0.25, 0.3) is 0 Å². The predicted molar refractivity (Wildman–Crippen MR) is 106 cm³/mol. The first-order valence-corrected chi connectivity index (χ1v) is 10.1. The van der Waals surface area contributed by atoms with Gasteiger partial charge in [-0.05, 0) is 30.5 Å². The largest absolute Gasteiger partial charge is 0.497 e. The third-order valence-corrected chi connectivity index (χ3v) is 5.57. The third-order valence-electron chi connectivity index (χ3n) is 5.57. The lowest BCUT2D eigenvalue weighted by molar-refractivity contribution is -0.139. The molecule has 7 heteroatoms. The molecule has 2 saturated heterocycles. The molecule has 0 aliphatic carbocycles. The molecule has 0 aromatic heterocycles. The van der Waals surface area contributed by atoms with Gasteiger partial charge in [0.05, 0.1) is 26.7 Å². The van der Waals surface area contributed by atoms with Gasteiger partial charge < -0.3 is 19.7 Å². The van der Waals surface area contributed by atoms with Gasteiger partial charge >= 0.3 is 0 Å². The van der Waals surface area contributed by atoms with Gasteiger partial charge in [0.1, 0.15) is 11.5 Å². The van der Waals surface area contributed by atoms with E-state index in [9.17, 15) is 9.59 Å². The molecule has 3 rings (SSSR count). The van der Waals surface area contributed by atoms with Gasteiger partial charge in [-0.25, -0.2) is 0 Å². The lowest BCUT2D eigenvalue weighted by atomic mass is 10.1. The number of amides is 2. The number of rotatable bonds is 6. The van der Waals surface area contributed by atoms with Gasteiger partial charge in [0.15, 0.2) is 0 Å². The summed E-state index contributed by atoms with van der Waals surface area (Å²) in [4.78, 5) is 29.4. The van der Waals surface area contributed by atoms with E-state index >= 15 is 0 Å². The first-order chi connectivity index (χ1) is 13.6. The molecule has 1 aromatic rings. The molecule has 2 amide bonds. The maximum absolute atomic E-state index is 12.8. The van der Waals surface area contributed by atoms with Crippen molar-refractivity contribution in [3.63, 3.8) is 0 Å². The zero-order chi connectivity index (χ0) is 19.9. The van der Waals surface area contributed by atoms with Crippen LogP contribution in [0.2, 0.25) is 0 Å².